The third-order valence-electron chi connectivity index (χ3n) is 0.927. The molecule has 0 saturated carbocycles. The van der Waals surface area contributed by atoms with Gasteiger partial charge in [0.15, 0.2) is 0 Å². The van der Waals surface area contributed by atoms with Gasteiger partial charge in [-0.25, -0.2) is 0 Å². The number of hydrogen-bond acceptors (Lipinski definition) is 2. The predicted molar refractivity (Wildman–Crippen MR) is 86.1 cm³/mol. The zero-order valence-electron chi connectivity index (χ0n) is 11.1. The Bertz CT molecular complexity index is 330. The normalized spacial score (nSPS) is 8.42. The Labute approximate surface area is 136 Å². The van der Waals surface area contributed by atoms with Crippen LogP contribution in [0.25, 0.3) is 11.5 Å². The molecule has 0 fully saturated rings. The first-order chi connectivity index (χ1) is 8.68. The van der Waals surface area contributed by atoms with Crippen molar-refractivity contribution in [3.8, 4) is 0 Å². The van der Waals surface area contributed by atoms with Crippen LogP contribution in [0, 0.1) is 0 Å². The standard InChI is InChI=1S/C6H6N2.2C2H6OS.2ClH.Ru/c7-5-3-1-2-4-6(5)8;2*1-4(2)3;;;/h1-4,7-8H;2*1-2H3;2*1H;/q-2;;;;;+4/p-2. The summed E-state index contributed by atoms with van der Waals surface area (Å²) in [5.41, 5.74) is 14.6. The van der Waals surface area contributed by atoms with E-state index in [-0.39, 0.29) is 26.5 Å². The van der Waals surface area contributed by atoms with Crippen LogP contribution >= 0.6 is 19.4 Å². The fourth-order valence-electron chi connectivity index (χ4n) is 0.483. The molecule has 2 N–H and O–H groups in total. The summed E-state index contributed by atoms with van der Waals surface area (Å²) in [6, 6.07) is 6.70. The minimum atomic E-state index is -0.611. The van der Waals surface area contributed by atoms with Gasteiger partial charge in [0.1, 0.15) is 0 Å². The first-order valence-corrected chi connectivity index (χ1v) is 13.0. The van der Waals surface area contributed by atoms with Gasteiger partial charge in [-0.1, -0.05) is 24.3 Å². The van der Waals surface area contributed by atoms with Crippen molar-refractivity contribution in [3.63, 3.8) is 0 Å². The van der Waals surface area contributed by atoms with Gasteiger partial charge in [-0.05, 0) is 0 Å². The number of benzene rings is 1. The molecule has 0 spiro atoms. The van der Waals surface area contributed by atoms with Crippen LogP contribution in [-0.2, 0) is 36.7 Å². The summed E-state index contributed by atoms with van der Waals surface area (Å²) >= 11 is -0.346. The summed E-state index contributed by atoms with van der Waals surface area (Å²) in [5, 5.41) is 0. The van der Waals surface area contributed by atoms with E-state index >= 15 is 0 Å². The minimum absolute atomic E-state index is 0.285. The van der Waals surface area contributed by atoms with Crippen molar-refractivity contribution in [2.75, 3.05) is 25.0 Å². The van der Waals surface area contributed by atoms with Gasteiger partial charge in [-0.3, -0.25) is 8.42 Å². The molecule has 19 heavy (non-hydrogen) atoms. The molecule has 0 saturated heterocycles. The van der Waals surface area contributed by atoms with Gasteiger partial charge in [0.2, 0.25) is 0 Å². The average Bonchev–Trinajstić information content (AvgIpc) is 2.22. The minimum Gasteiger partial charge on any atom is -0.700 e. The fourth-order valence-corrected chi connectivity index (χ4v) is 0.483. The zero-order valence-corrected chi connectivity index (χ0v) is 15.9. The van der Waals surface area contributed by atoms with Crippen molar-refractivity contribution >= 4 is 52.4 Å². The van der Waals surface area contributed by atoms with E-state index in [1.165, 1.54) is 0 Å². The Kier molecular flexibility index (Phi) is 23.5. The van der Waals surface area contributed by atoms with Crippen LogP contribution in [0.15, 0.2) is 24.3 Å². The van der Waals surface area contributed by atoms with E-state index in [9.17, 15) is 8.42 Å². The molecule has 0 aliphatic rings. The number of nitrogens with one attached hydrogen (secondary N) is 2. The van der Waals surface area contributed by atoms with Gasteiger partial charge < -0.3 is 11.5 Å². The second-order valence-electron chi connectivity index (χ2n) is 3.08. The summed E-state index contributed by atoms with van der Waals surface area (Å²) in [7, 11) is 8.49. The molecular formula is C10H18Cl2N2O2RuS2. The van der Waals surface area contributed by atoms with E-state index in [1.807, 2.05) is 0 Å². The van der Waals surface area contributed by atoms with Crippen molar-refractivity contribution in [2.45, 2.75) is 0 Å². The Balaban J connectivity index is -0.000000200. The maximum Gasteiger partial charge on any atom is -0.0636 e. The SMILES string of the molecule is CS(C)=O.CS(C)=O.[Cl][Ru+2][Cl].[NH-]c1ccccc1[NH-]. The monoisotopic (exact) mass is 434 g/mol. The number of halogens is 2. The molecule has 0 aliphatic heterocycles. The van der Waals surface area contributed by atoms with Gasteiger partial charge >= 0.3 is 34.5 Å². The molecule has 1 aromatic carbocycles. The molecule has 0 bridgehead atoms. The second-order valence-corrected chi connectivity index (χ2v) is 8.68. The molecule has 0 atom stereocenters. The first-order valence-electron chi connectivity index (χ1n) is 4.56. The summed E-state index contributed by atoms with van der Waals surface area (Å²) in [4.78, 5) is 0. The third kappa shape index (κ3) is 38.1. The summed E-state index contributed by atoms with van der Waals surface area (Å²) in [6.07, 6.45) is 6.56. The molecular weight excluding hydrogens is 416 g/mol. The molecule has 9 heteroatoms. The zero-order chi connectivity index (χ0) is 15.8. The van der Waals surface area contributed by atoms with Crippen LogP contribution in [-0.4, -0.2) is 33.4 Å². The van der Waals surface area contributed by atoms with Gasteiger partial charge in [0, 0.05) is 46.6 Å². The molecule has 114 valence electrons. The Morgan fingerprint density at radius 2 is 1.05 bits per heavy atom. The van der Waals surface area contributed by atoms with Crippen LogP contribution in [0.3, 0.4) is 0 Å². The van der Waals surface area contributed by atoms with E-state index in [1.54, 1.807) is 49.3 Å². The van der Waals surface area contributed by atoms with Gasteiger partial charge in [0.25, 0.3) is 0 Å². The van der Waals surface area contributed by atoms with Crippen LogP contribution in [0.4, 0.5) is 11.4 Å². The summed E-state index contributed by atoms with van der Waals surface area (Å²) in [6.45, 7) is 0. The van der Waals surface area contributed by atoms with E-state index in [0.29, 0.717) is 0 Å². The molecule has 0 aromatic heterocycles. The summed E-state index contributed by atoms with van der Waals surface area (Å²) < 4.78 is 19.1. The maximum atomic E-state index is 9.56. The predicted octanol–water partition coefficient (Wildman–Crippen LogP) is 4.42. The van der Waals surface area contributed by atoms with E-state index in [2.05, 4.69) is 0 Å². The molecule has 0 heterocycles. The smallest absolute Gasteiger partial charge is 0.0636 e. The van der Waals surface area contributed by atoms with Gasteiger partial charge in [-0.15, -0.1) is 0 Å². The molecule has 4 nitrogen and oxygen atoms in total. The number of rotatable bonds is 0. The van der Waals surface area contributed by atoms with Gasteiger partial charge in [0.05, 0.1) is 0 Å². The van der Waals surface area contributed by atoms with E-state index < -0.39 is 21.6 Å². The third-order valence-corrected chi connectivity index (χ3v) is 0.927. The Hall–Kier alpha value is 0.323. The average molecular weight is 434 g/mol. The van der Waals surface area contributed by atoms with Crippen molar-refractivity contribution in [1.29, 1.82) is 0 Å². The largest absolute Gasteiger partial charge is 0.700 e. The van der Waals surface area contributed by atoms with Crippen molar-refractivity contribution < 1.29 is 23.6 Å². The molecule has 0 amide bonds. The summed E-state index contributed by atoms with van der Waals surface area (Å²) in [5.74, 6) is 0. The van der Waals surface area contributed by atoms with Crippen molar-refractivity contribution in [3.05, 3.63) is 35.7 Å². The van der Waals surface area contributed by atoms with Crippen LogP contribution in [0.5, 0.6) is 0 Å². The van der Waals surface area contributed by atoms with Gasteiger partial charge in [-0.2, -0.15) is 11.4 Å². The van der Waals surface area contributed by atoms with Crippen LogP contribution in [0.1, 0.15) is 0 Å². The second kappa shape index (κ2) is 18.3. The topological polar surface area (TPSA) is 81.7 Å². The van der Waals surface area contributed by atoms with E-state index in [0.717, 1.165) is 0 Å². The van der Waals surface area contributed by atoms with Crippen LogP contribution in [0.2, 0.25) is 0 Å². The molecule has 0 unspecified atom stereocenters. The first kappa shape index (κ1) is 24.3. The molecule has 1 aromatic rings. The fraction of sp³-hybridized carbons (Fsp3) is 0.400. The molecule has 0 aliphatic carbocycles. The molecule has 1 rings (SSSR count). The Morgan fingerprint density at radius 1 is 0.895 bits per heavy atom. The quantitative estimate of drug-likeness (QED) is 0.567. The van der Waals surface area contributed by atoms with Crippen molar-refractivity contribution in [1.82, 2.24) is 0 Å². The van der Waals surface area contributed by atoms with Crippen LogP contribution < -0.4 is 0 Å². The molecule has 0 radical (unpaired) electrons. The Morgan fingerprint density at radius 3 is 1.16 bits per heavy atom. The van der Waals surface area contributed by atoms with E-state index in [4.69, 9.17) is 30.8 Å². The van der Waals surface area contributed by atoms with Crippen molar-refractivity contribution in [2.24, 2.45) is 0 Å². The maximum absolute atomic E-state index is 9.56. The number of hydrogen-bond donors (Lipinski definition) is 0.